The van der Waals surface area contributed by atoms with Gasteiger partial charge in [0.05, 0.1) is 5.52 Å². The van der Waals surface area contributed by atoms with E-state index >= 15 is 0 Å². The van der Waals surface area contributed by atoms with Gasteiger partial charge in [-0.3, -0.25) is 0 Å². The highest BCUT2D eigenvalue weighted by Crippen LogP contribution is 2.20. The standard InChI is InChI=1S/C10H9N3O/c1-7-3-4-13-8(2)12-10(11-6-14)9(13)5-7/h3-5H,1-2H3. The molecule has 2 heterocycles. The quantitative estimate of drug-likeness (QED) is 0.505. The van der Waals surface area contributed by atoms with Crippen molar-refractivity contribution < 1.29 is 4.79 Å². The lowest BCUT2D eigenvalue weighted by molar-refractivity contribution is 0.565. The van der Waals surface area contributed by atoms with Gasteiger partial charge in [0.15, 0.2) is 5.82 Å². The van der Waals surface area contributed by atoms with Gasteiger partial charge in [0.1, 0.15) is 5.82 Å². The Morgan fingerprint density at radius 1 is 1.50 bits per heavy atom. The van der Waals surface area contributed by atoms with Gasteiger partial charge in [0.25, 0.3) is 0 Å². The molecule has 0 aliphatic heterocycles. The number of aliphatic imine (C=N–C) groups is 1. The number of imidazole rings is 1. The van der Waals surface area contributed by atoms with Crippen LogP contribution in [0.5, 0.6) is 0 Å². The van der Waals surface area contributed by atoms with E-state index in [0.717, 1.165) is 16.9 Å². The van der Waals surface area contributed by atoms with Crippen LogP contribution in [0.1, 0.15) is 11.4 Å². The van der Waals surface area contributed by atoms with E-state index in [1.807, 2.05) is 36.6 Å². The molecule has 0 N–H and O–H groups in total. The van der Waals surface area contributed by atoms with E-state index in [9.17, 15) is 4.79 Å². The Bertz CT molecular complexity index is 536. The third-order valence-electron chi connectivity index (χ3n) is 2.11. The van der Waals surface area contributed by atoms with Crippen LogP contribution in [0.25, 0.3) is 5.52 Å². The summed E-state index contributed by atoms with van der Waals surface area (Å²) in [6.45, 7) is 3.85. The number of isocyanates is 1. The average molecular weight is 187 g/mol. The number of rotatable bonds is 1. The summed E-state index contributed by atoms with van der Waals surface area (Å²) >= 11 is 0. The van der Waals surface area contributed by atoms with Crippen molar-refractivity contribution in [2.45, 2.75) is 13.8 Å². The molecule has 4 nitrogen and oxygen atoms in total. The second kappa shape index (κ2) is 3.09. The first-order valence-corrected chi connectivity index (χ1v) is 4.25. The molecule has 0 fully saturated rings. The summed E-state index contributed by atoms with van der Waals surface area (Å²) in [5.41, 5.74) is 1.95. The Morgan fingerprint density at radius 2 is 2.29 bits per heavy atom. The molecule has 0 amide bonds. The van der Waals surface area contributed by atoms with Crippen LogP contribution in [-0.4, -0.2) is 15.5 Å². The molecule has 0 saturated heterocycles. The second-order valence-electron chi connectivity index (χ2n) is 3.15. The molecule has 0 bridgehead atoms. The minimum atomic E-state index is 0.432. The summed E-state index contributed by atoms with van der Waals surface area (Å²) in [6.07, 6.45) is 3.42. The maximum Gasteiger partial charge on any atom is 0.242 e. The van der Waals surface area contributed by atoms with E-state index in [2.05, 4.69) is 9.98 Å². The van der Waals surface area contributed by atoms with Gasteiger partial charge in [0.2, 0.25) is 6.08 Å². The summed E-state index contributed by atoms with van der Waals surface area (Å²) in [7, 11) is 0. The number of carbonyl (C=O) groups excluding carboxylic acids is 1. The van der Waals surface area contributed by atoms with Crippen LogP contribution in [0, 0.1) is 13.8 Å². The number of hydrogen-bond donors (Lipinski definition) is 0. The van der Waals surface area contributed by atoms with E-state index in [1.54, 1.807) is 0 Å². The molecule has 2 rings (SSSR count). The first kappa shape index (κ1) is 8.66. The van der Waals surface area contributed by atoms with E-state index in [-0.39, 0.29) is 0 Å². The van der Waals surface area contributed by atoms with Gasteiger partial charge < -0.3 is 4.40 Å². The fourth-order valence-electron chi connectivity index (χ4n) is 1.45. The normalized spacial score (nSPS) is 10.1. The Hall–Kier alpha value is -1.93. The lowest BCUT2D eigenvalue weighted by Crippen LogP contribution is -1.86. The Morgan fingerprint density at radius 3 is 3.00 bits per heavy atom. The number of pyridine rings is 1. The van der Waals surface area contributed by atoms with Crippen molar-refractivity contribution in [3.8, 4) is 0 Å². The summed E-state index contributed by atoms with van der Waals surface area (Å²) in [5.74, 6) is 1.25. The molecule has 0 radical (unpaired) electrons. The Kier molecular flexibility index (Phi) is 1.91. The van der Waals surface area contributed by atoms with Crippen molar-refractivity contribution in [1.82, 2.24) is 9.38 Å². The smallest absolute Gasteiger partial charge is 0.242 e. The van der Waals surface area contributed by atoms with Crippen LogP contribution < -0.4 is 0 Å². The third-order valence-corrected chi connectivity index (χ3v) is 2.11. The number of fused-ring (bicyclic) bond motifs is 1. The molecule has 0 spiro atoms. The molecule has 0 saturated carbocycles. The van der Waals surface area contributed by atoms with Gasteiger partial charge in [-0.2, -0.15) is 0 Å². The van der Waals surface area contributed by atoms with Gasteiger partial charge in [-0.05, 0) is 31.5 Å². The summed E-state index contributed by atoms with van der Waals surface area (Å²) in [4.78, 5) is 17.9. The lowest BCUT2D eigenvalue weighted by Gasteiger charge is -1.96. The summed E-state index contributed by atoms with van der Waals surface area (Å²) in [5, 5.41) is 0. The predicted octanol–water partition coefficient (Wildman–Crippen LogP) is 1.92. The number of aromatic nitrogens is 2. The zero-order chi connectivity index (χ0) is 10.1. The highest BCUT2D eigenvalue weighted by Gasteiger charge is 2.06. The maximum atomic E-state index is 10.2. The first-order valence-electron chi connectivity index (χ1n) is 4.25. The molecule has 4 heteroatoms. The largest absolute Gasteiger partial charge is 0.302 e. The minimum Gasteiger partial charge on any atom is -0.302 e. The fraction of sp³-hybridized carbons (Fsp3) is 0.200. The SMILES string of the molecule is Cc1ccn2c(C)nc(N=C=O)c2c1. The number of hydrogen-bond acceptors (Lipinski definition) is 3. The van der Waals surface area contributed by atoms with Gasteiger partial charge in [0, 0.05) is 6.20 Å². The molecular formula is C10H9N3O. The third kappa shape index (κ3) is 1.22. The molecule has 2 aromatic rings. The number of nitrogens with zero attached hydrogens (tertiary/aromatic N) is 3. The molecule has 0 unspecified atom stereocenters. The van der Waals surface area contributed by atoms with Crippen LogP contribution in [-0.2, 0) is 4.79 Å². The average Bonchev–Trinajstić information content (AvgIpc) is 2.44. The van der Waals surface area contributed by atoms with Crippen LogP contribution in [0.15, 0.2) is 23.3 Å². The summed E-state index contributed by atoms with van der Waals surface area (Å²) < 4.78 is 1.89. The van der Waals surface area contributed by atoms with E-state index in [1.165, 1.54) is 6.08 Å². The van der Waals surface area contributed by atoms with E-state index in [4.69, 9.17) is 0 Å². The van der Waals surface area contributed by atoms with Crippen molar-refractivity contribution in [3.05, 3.63) is 29.7 Å². The molecule has 14 heavy (non-hydrogen) atoms. The van der Waals surface area contributed by atoms with Gasteiger partial charge in [-0.25, -0.2) is 9.78 Å². The van der Waals surface area contributed by atoms with Crippen molar-refractivity contribution in [1.29, 1.82) is 0 Å². The monoisotopic (exact) mass is 187 g/mol. The molecule has 2 aromatic heterocycles. The zero-order valence-corrected chi connectivity index (χ0v) is 7.98. The van der Waals surface area contributed by atoms with Crippen molar-refractivity contribution in [2.75, 3.05) is 0 Å². The molecule has 0 aliphatic rings. The van der Waals surface area contributed by atoms with E-state index < -0.39 is 0 Å². The topological polar surface area (TPSA) is 46.7 Å². The Balaban J connectivity index is 2.85. The van der Waals surface area contributed by atoms with Gasteiger partial charge in [-0.1, -0.05) is 0 Å². The zero-order valence-electron chi connectivity index (χ0n) is 7.98. The second-order valence-corrected chi connectivity index (χ2v) is 3.15. The molecule has 0 aliphatic carbocycles. The highest BCUT2D eigenvalue weighted by molar-refractivity contribution is 5.69. The number of aryl methyl sites for hydroxylation is 2. The predicted molar refractivity (Wildman–Crippen MR) is 52.4 cm³/mol. The minimum absolute atomic E-state index is 0.432. The van der Waals surface area contributed by atoms with Crippen molar-refractivity contribution in [3.63, 3.8) is 0 Å². The van der Waals surface area contributed by atoms with Crippen LogP contribution >= 0.6 is 0 Å². The summed E-state index contributed by atoms with van der Waals surface area (Å²) in [6, 6.07) is 3.92. The van der Waals surface area contributed by atoms with Crippen molar-refractivity contribution >= 4 is 17.4 Å². The van der Waals surface area contributed by atoms with Gasteiger partial charge in [-0.15, -0.1) is 4.99 Å². The van der Waals surface area contributed by atoms with Crippen LogP contribution in [0.2, 0.25) is 0 Å². The van der Waals surface area contributed by atoms with Crippen molar-refractivity contribution in [2.24, 2.45) is 4.99 Å². The van der Waals surface area contributed by atoms with Crippen LogP contribution in [0.4, 0.5) is 5.82 Å². The van der Waals surface area contributed by atoms with Gasteiger partial charge >= 0.3 is 0 Å². The maximum absolute atomic E-state index is 10.2. The van der Waals surface area contributed by atoms with Crippen LogP contribution in [0.3, 0.4) is 0 Å². The van der Waals surface area contributed by atoms with E-state index in [0.29, 0.717) is 5.82 Å². The fourth-order valence-corrected chi connectivity index (χ4v) is 1.45. The highest BCUT2D eigenvalue weighted by atomic mass is 16.1. The Labute approximate surface area is 80.9 Å². The first-order chi connectivity index (χ1) is 6.72. The molecule has 0 atom stereocenters. The molecular weight excluding hydrogens is 178 g/mol. The molecule has 0 aromatic carbocycles. The molecule has 70 valence electrons. The lowest BCUT2D eigenvalue weighted by atomic mass is 10.3.